The molecule has 0 radical (unpaired) electrons. The molecule has 0 unspecified atom stereocenters. The first kappa shape index (κ1) is 20.8. The highest BCUT2D eigenvalue weighted by atomic mass is 32.2. The number of benzene rings is 2. The number of anilines is 1. The molecule has 0 atom stereocenters. The number of sulfonamides is 1. The van der Waals surface area contributed by atoms with Crippen molar-refractivity contribution in [2.45, 2.75) is 24.3 Å². The highest BCUT2D eigenvalue weighted by Crippen LogP contribution is 2.25. The van der Waals surface area contributed by atoms with Crippen LogP contribution in [-0.2, 0) is 21.4 Å². The summed E-state index contributed by atoms with van der Waals surface area (Å²) in [6, 6.07) is 14.6. The minimum Gasteiger partial charge on any atom is -0.497 e. The van der Waals surface area contributed by atoms with E-state index >= 15 is 0 Å². The lowest BCUT2D eigenvalue weighted by molar-refractivity contribution is -0.117. The van der Waals surface area contributed by atoms with Gasteiger partial charge in [0.1, 0.15) is 5.75 Å². The maximum Gasteiger partial charge on any atom is 0.243 e. The van der Waals surface area contributed by atoms with Crippen molar-refractivity contribution in [1.29, 1.82) is 0 Å². The molecule has 1 amide bonds. The molecule has 0 bridgehead atoms. The van der Waals surface area contributed by atoms with Gasteiger partial charge in [-0.1, -0.05) is 12.1 Å². The second-order valence-corrected chi connectivity index (χ2v) is 9.61. The molecule has 2 heterocycles. The molecule has 7 nitrogen and oxygen atoms in total. The number of carbonyl (C=O) groups is 1. The van der Waals surface area contributed by atoms with E-state index in [2.05, 4.69) is 4.90 Å². The fourth-order valence-electron chi connectivity index (χ4n) is 3.99. The number of nitrogens with zero attached hydrogens (tertiary/aromatic N) is 3. The van der Waals surface area contributed by atoms with Gasteiger partial charge in [-0.05, 0) is 48.4 Å². The second kappa shape index (κ2) is 8.75. The Morgan fingerprint density at radius 1 is 0.900 bits per heavy atom. The normalized spacial score (nSPS) is 18.7. The summed E-state index contributed by atoms with van der Waals surface area (Å²) in [5.74, 6) is 0.924. The van der Waals surface area contributed by atoms with E-state index in [-0.39, 0.29) is 10.8 Å². The summed E-state index contributed by atoms with van der Waals surface area (Å²) in [6.45, 7) is 3.78. The van der Waals surface area contributed by atoms with E-state index in [0.717, 1.165) is 24.4 Å². The van der Waals surface area contributed by atoms with Crippen molar-refractivity contribution >= 4 is 21.6 Å². The number of piperazine rings is 1. The minimum absolute atomic E-state index is 0.0959. The molecule has 2 aliphatic rings. The van der Waals surface area contributed by atoms with Gasteiger partial charge < -0.3 is 9.64 Å². The summed E-state index contributed by atoms with van der Waals surface area (Å²) >= 11 is 0. The van der Waals surface area contributed by atoms with Crippen molar-refractivity contribution in [3.05, 3.63) is 54.1 Å². The van der Waals surface area contributed by atoms with Crippen molar-refractivity contribution in [3.63, 3.8) is 0 Å². The van der Waals surface area contributed by atoms with E-state index in [1.165, 1.54) is 5.56 Å². The van der Waals surface area contributed by atoms with Crippen LogP contribution < -0.4 is 9.64 Å². The summed E-state index contributed by atoms with van der Waals surface area (Å²) in [4.78, 5) is 16.1. The molecule has 160 valence electrons. The predicted octanol–water partition coefficient (Wildman–Crippen LogP) is 2.33. The van der Waals surface area contributed by atoms with Crippen molar-refractivity contribution in [1.82, 2.24) is 9.21 Å². The number of amides is 1. The number of hydrogen-bond donors (Lipinski definition) is 0. The van der Waals surface area contributed by atoms with E-state index in [0.29, 0.717) is 39.1 Å². The van der Waals surface area contributed by atoms with Gasteiger partial charge in [0.15, 0.2) is 0 Å². The van der Waals surface area contributed by atoms with Crippen LogP contribution in [0.25, 0.3) is 0 Å². The smallest absolute Gasteiger partial charge is 0.243 e. The summed E-state index contributed by atoms with van der Waals surface area (Å²) in [5.41, 5.74) is 1.94. The Labute approximate surface area is 177 Å². The van der Waals surface area contributed by atoms with Crippen molar-refractivity contribution in [3.8, 4) is 5.75 Å². The Morgan fingerprint density at radius 2 is 1.57 bits per heavy atom. The molecule has 2 fully saturated rings. The SMILES string of the molecule is COc1ccc(CN2CCN(S(=O)(=O)c3ccc(N4CCCC4=O)cc3)CC2)cc1. The molecule has 2 aliphatic heterocycles. The first-order valence-corrected chi connectivity index (χ1v) is 11.7. The lowest BCUT2D eigenvalue weighted by Gasteiger charge is -2.34. The molecule has 8 heteroatoms. The van der Waals surface area contributed by atoms with Gasteiger partial charge >= 0.3 is 0 Å². The third-order valence-electron chi connectivity index (χ3n) is 5.76. The fraction of sp³-hybridized carbons (Fsp3) is 0.409. The van der Waals surface area contributed by atoms with Crippen LogP contribution in [0.1, 0.15) is 18.4 Å². The maximum absolute atomic E-state index is 13.0. The Balaban J connectivity index is 1.36. The van der Waals surface area contributed by atoms with E-state index in [9.17, 15) is 13.2 Å². The molecule has 4 rings (SSSR count). The van der Waals surface area contributed by atoms with Crippen LogP contribution >= 0.6 is 0 Å². The van der Waals surface area contributed by atoms with E-state index < -0.39 is 10.0 Å². The monoisotopic (exact) mass is 429 g/mol. The topological polar surface area (TPSA) is 70.2 Å². The van der Waals surface area contributed by atoms with Gasteiger partial charge in [-0.3, -0.25) is 9.69 Å². The predicted molar refractivity (Wildman–Crippen MR) is 115 cm³/mol. The standard InChI is InChI=1S/C22H27N3O4S/c1-29-20-8-4-18(5-9-20)17-23-13-15-24(16-14-23)30(27,28)21-10-6-19(7-11-21)25-12-2-3-22(25)26/h4-11H,2-3,12-17H2,1H3. The summed E-state index contributed by atoms with van der Waals surface area (Å²) < 4.78 is 32.8. The Bertz CT molecular complexity index is 982. The molecule has 30 heavy (non-hydrogen) atoms. The average molecular weight is 430 g/mol. The van der Waals surface area contributed by atoms with Gasteiger partial charge in [0, 0.05) is 51.4 Å². The van der Waals surface area contributed by atoms with E-state index in [1.807, 2.05) is 24.3 Å². The Kier molecular flexibility index (Phi) is 6.08. The van der Waals surface area contributed by atoms with Crippen LogP contribution in [0.15, 0.2) is 53.4 Å². The second-order valence-electron chi connectivity index (χ2n) is 7.67. The van der Waals surface area contributed by atoms with Gasteiger partial charge in [0.2, 0.25) is 15.9 Å². The van der Waals surface area contributed by atoms with Crippen molar-refractivity contribution in [2.75, 3.05) is 44.7 Å². The molecule has 0 aliphatic carbocycles. The number of methoxy groups -OCH3 is 1. The van der Waals surface area contributed by atoms with Crippen LogP contribution in [0.3, 0.4) is 0 Å². The molecular formula is C22H27N3O4S. The molecule has 0 N–H and O–H groups in total. The van der Waals surface area contributed by atoms with Gasteiger partial charge in [-0.15, -0.1) is 0 Å². The first-order chi connectivity index (χ1) is 14.5. The molecule has 2 saturated heterocycles. The first-order valence-electron chi connectivity index (χ1n) is 10.2. The molecule has 2 aromatic rings. The van der Waals surface area contributed by atoms with Crippen molar-refractivity contribution < 1.29 is 17.9 Å². The molecule has 0 spiro atoms. The minimum atomic E-state index is -3.53. The van der Waals surface area contributed by atoms with Crippen LogP contribution in [0.5, 0.6) is 5.75 Å². The third kappa shape index (κ3) is 4.35. The number of carbonyl (C=O) groups excluding carboxylic acids is 1. The van der Waals surface area contributed by atoms with Crippen LogP contribution in [0, 0.1) is 0 Å². The lowest BCUT2D eigenvalue weighted by atomic mass is 10.2. The number of hydrogen-bond acceptors (Lipinski definition) is 5. The summed E-state index contributed by atoms with van der Waals surface area (Å²) in [6.07, 6.45) is 1.40. The highest BCUT2D eigenvalue weighted by molar-refractivity contribution is 7.89. The van der Waals surface area contributed by atoms with Crippen LogP contribution in [0.4, 0.5) is 5.69 Å². The highest BCUT2D eigenvalue weighted by Gasteiger charge is 2.29. The summed E-state index contributed by atoms with van der Waals surface area (Å²) in [7, 11) is -1.89. The largest absolute Gasteiger partial charge is 0.497 e. The van der Waals surface area contributed by atoms with Gasteiger partial charge in [0.05, 0.1) is 12.0 Å². The quantitative estimate of drug-likeness (QED) is 0.705. The number of ether oxygens (including phenoxy) is 1. The van der Waals surface area contributed by atoms with E-state index in [4.69, 9.17) is 4.74 Å². The Hall–Kier alpha value is -2.42. The van der Waals surface area contributed by atoms with Gasteiger partial charge in [-0.2, -0.15) is 4.31 Å². The molecule has 2 aromatic carbocycles. The van der Waals surface area contributed by atoms with E-state index in [1.54, 1.807) is 40.6 Å². The molecule has 0 saturated carbocycles. The molecule has 0 aromatic heterocycles. The zero-order valence-electron chi connectivity index (χ0n) is 17.2. The van der Waals surface area contributed by atoms with Gasteiger partial charge in [0.25, 0.3) is 0 Å². The molecular weight excluding hydrogens is 402 g/mol. The zero-order chi connectivity index (χ0) is 21.1. The third-order valence-corrected chi connectivity index (χ3v) is 7.67. The van der Waals surface area contributed by atoms with Crippen molar-refractivity contribution in [2.24, 2.45) is 0 Å². The lowest BCUT2D eigenvalue weighted by Crippen LogP contribution is -2.48. The average Bonchev–Trinajstić information content (AvgIpc) is 3.20. The number of rotatable bonds is 6. The zero-order valence-corrected chi connectivity index (χ0v) is 18.0. The van der Waals surface area contributed by atoms with Gasteiger partial charge in [-0.25, -0.2) is 8.42 Å². The Morgan fingerprint density at radius 3 is 2.13 bits per heavy atom. The summed E-state index contributed by atoms with van der Waals surface area (Å²) in [5, 5.41) is 0. The van der Waals surface area contributed by atoms with Crippen LogP contribution in [-0.4, -0.2) is 63.4 Å². The maximum atomic E-state index is 13.0. The van der Waals surface area contributed by atoms with Crippen LogP contribution in [0.2, 0.25) is 0 Å². The fourth-order valence-corrected chi connectivity index (χ4v) is 5.41.